The van der Waals surface area contributed by atoms with E-state index in [1.54, 1.807) is 0 Å². The molecule has 17 heavy (non-hydrogen) atoms. The van der Waals surface area contributed by atoms with Crippen LogP contribution < -0.4 is 5.73 Å². The lowest BCUT2D eigenvalue weighted by atomic mass is 10.1. The Morgan fingerprint density at radius 3 is 2.35 bits per heavy atom. The Labute approximate surface area is 99.5 Å². The molecule has 0 aliphatic heterocycles. The van der Waals surface area contributed by atoms with Gasteiger partial charge in [-0.05, 0) is 44.5 Å². The highest BCUT2D eigenvalue weighted by Gasteiger charge is 2.08. The summed E-state index contributed by atoms with van der Waals surface area (Å²) in [6.07, 6.45) is 0. The van der Waals surface area contributed by atoms with Gasteiger partial charge in [-0.2, -0.15) is 0 Å². The van der Waals surface area contributed by atoms with Gasteiger partial charge in [-0.15, -0.1) is 0 Å². The van der Waals surface area contributed by atoms with Crippen LogP contribution in [0.15, 0.2) is 18.2 Å². The van der Waals surface area contributed by atoms with Crippen LogP contribution in [0, 0.1) is 26.6 Å². The number of nitrogens with two attached hydrogens (primary N) is 1. The second kappa shape index (κ2) is 4.13. The van der Waals surface area contributed by atoms with Gasteiger partial charge in [0.1, 0.15) is 11.6 Å². The van der Waals surface area contributed by atoms with Crippen LogP contribution in [0.5, 0.6) is 0 Å². The van der Waals surface area contributed by atoms with Crippen LogP contribution in [0.25, 0.3) is 11.4 Å². The Balaban J connectivity index is 2.60. The molecule has 0 spiro atoms. The fourth-order valence-corrected chi connectivity index (χ4v) is 1.65. The molecular formula is C13H14FN3. The highest BCUT2D eigenvalue weighted by atomic mass is 19.1. The SMILES string of the molecule is Cc1cc(F)cc(-c2nc(C)c(C)c(N)n2)c1. The summed E-state index contributed by atoms with van der Waals surface area (Å²) in [5.41, 5.74) is 8.95. The number of nitrogens with zero attached hydrogens (tertiary/aromatic N) is 2. The summed E-state index contributed by atoms with van der Waals surface area (Å²) in [6, 6.07) is 4.72. The van der Waals surface area contributed by atoms with E-state index in [9.17, 15) is 4.39 Å². The summed E-state index contributed by atoms with van der Waals surface area (Å²) in [5, 5.41) is 0. The average molecular weight is 231 g/mol. The fourth-order valence-electron chi connectivity index (χ4n) is 1.65. The molecule has 3 nitrogen and oxygen atoms in total. The number of aromatic nitrogens is 2. The third-order valence-electron chi connectivity index (χ3n) is 2.73. The zero-order valence-corrected chi connectivity index (χ0v) is 10.1. The maximum Gasteiger partial charge on any atom is 0.161 e. The molecule has 2 aromatic rings. The van der Waals surface area contributed by atoms with E-state index in [-0.39, 0.29) is 5.82 Å². The highest BCUT2D eigenvalue weighted by Crippen LogP contribution is 2.21. The van der Waals surface area contributed by atoms with Crippen LogP contribution in [0.1, 0.15) is 16.8 Å². The average Bonchev–Trinajstić information content (AvgIpc) is 2.23. The van der Waals surface area contributed by atoms with Gasteiger partial charge in [0.15, 0.2) is 5.82 Å². The second-order valence-electron chi connectivity index (χ2n) is 4.16. The molecule has 4 heteroatoms. The number of anilines is 1. The zero-order valence-electron chi connectivity index (χ0n) is 10.1. The van der Waals surface area contributed by atoms with E-state index >= 15 is 0 Å². The Morgan fingerprint density at radius 1 is 1.06 bits per heavy atom. The molecule has 0 radical (unpaired) electrons. The van der Waals surface area contributed by atoms with Crippen molar-refractivity contribution in [2.24, 2.45) is 0 Å². The standard InChI is InChI=1S/C13H14FN3/c1-7-4-10(6-11(14)5-7)13-16-9(3)8(2)12(15)17-13/h4-6H,1-3H3,(H2,15,16,17). The van der Waals surface area contributed by atoms with Crippen LogP contribution in [0.2, 0.25) is 0 Å². The Morgan fingerprint density at radius 2 is 1.76 bits per heavy atom. The van der Waals surface area contributed by atoms with Crippen molar-refractivity contribution in [2.75, 3.05) is 5.73 Å². The summed E-state index contributed by atoms with van der Waals surface area (Å²) in [7, 11) is 0. The van der Waals surface area contributed by atoms with Crippen molar-refractivity contribution in [3.8, 4) is 11.4 Å². The largest absolute Gasteiger partial charge is 0.383 e. The van der Waals surface area contributed by atoms with E-state index < -0.39 is 0 Å². The van der Waals surface area contributed by atoms with Crippen molar-refractivity contribution in [2.45, 2.75) is 20.8 Å². The topological polar surface area (TPSA) is 51.8 Å². The van der Waals surface area contributed by atoms with E-state index in [0.717, 1.165) is 16.8 Å². The lowest BCUT2D eigenvalue weighted by Crippen LogP contribution is -2.02. The third-order valence-corrected chi connectivity index (χ3v) is 2.73. The Bertz CT molecular complexity index is 536. The first-order chi connectivity index (χ1) is 7.97. The van der Waals surface area contributed by atoms with Gasteiger partial charge in [0.25, 0.3) is 0 Å². The molecule has 0 saturated heterocycles. The predicted octanol–water partition coefficient (Wildman–Crippen LogP) is 2.79. The number of nitrogen functional groups attached to an aromatic ring is 1. The molecular weight excluding hydrogens is 217 g/mol. The first-order valence-electron chi connectivity index (χ1n) is 5.35. The monoisotopic (exact) mass is 231 g/mol. The number of hydrogen-bond acceptors (Lipinski definition) is 3. The van der Waals surface area contributed by atoms with Gasteiger partial charge in [-0.1, -0.05) is 0 Å². The first-order valence-corrected chi connectivity index (χ1v) is 5.35. The Kier molecular flexibility index (Phi) is 2.79. The summed E-state index contributed by atoms with van der Waals surface area (Å²) < 4.78 is 13.3. The van der Waals surface area contributed by atoms with Gasteiger partial charge in [-0.25, -0.2) is 14.4 Å². The van der Waals surface area contributed by atoms with Crippen LogP contribution in [-0.2, 0) is 0 Å². The minimum atomic E-state index is -0.291. The smallest absolute Gasteiger partial charge is 0.161 e. The molecule has 1 heterocycles. The molecule has 0 aliphatic rings. The van der Waals surface area contributed by atoms with Crippen molar-refractivity contribution in [3.05, 3.63) is 40.8 Å². The molecule has 0 unspecified atom stereocenters. The van der Waals surface area contributed by atoms with Crippen LogP contribution >= 0.6 is 0 Å². The number of rotatable bonds is 1. The van der Waals surface area contributed by atoms with Gasteiger partial charge in [0, 0.05) is 16.8 Å². The number of halogens is 1. The minimum absolute atomic E-state index is 0.291. The molecule has 2 N–H and O–H groups in total. The molecule has 1 aromatic carbocycles. The molecule has 0 saturated carbocycles. The third kappa shape index (κ3) is 2.25. The maximum atomic E-state index is 13.3. The quantitative estimate of drug-likeness (QED) is 0.821. The second-order valence-corrected chi connectivity index (χ2v) is 4.16. The zero-order chi connectivity index (χ0) is 12.6. The van der Waals surface area contributed by atoms with Crippen LogP contribution in [0.3, 0.4) is 0 Å². The van der Waals surface area contributed by atoms with Gasteiger partial charge in [-0.3, -0.25) is 0 Å². The van der Waals surface area contributed by atoms with Crippen molar-refractivity contribution < 1.29 is 4.39 Å². The maximum absolute atomic E-state index is 13.3. The van der Waals surface area contributed by atoms with E-state index in [2.05, 4.69) is 9.97 Å². The predicted molar refractivity (Wildman–Crippen MR) is 66.0 cm³/mol. The summed E-state index contributed by atoms with van der Waals surface area (Å²) in [5.74, 6) is 0.614. The molecule has 0 bridgehead atoms. The summed E-state index contributed by atoms with van der Waals surface area (Å²) in [4.78, 5) is 8.51. The van der Waals surface area contributed by atoms with Gasteiger partial charge in [0.05, 0.1) is 0 Å². The first kappa shape index (κ1) is 11.5. The summed E-state index contributed by atoms with van der Waals surface area (Å²) in [6.45, 7) is 5.56. The number of hydrogen-bond donors (Lipinski definition) is 1. The fraction of sp³-hybridized carbons (Fsp3) is 0.231. The van der Waals surface area contributed by atoms with Gasteiger partial charge < -0.3 is 5.73 Å². The van der Waals surface area contributed by atoms with E-state index in [0.29, 0.717) is 17.2 Å². The number of benzene rings is 1. The van der Waals surface area contributed by atoms with E-state index in [1.807, 2.05) is 26.8 Å². The molecule has 0 amide bonds. The normalized spacial score (nSPS) is 10.6. The lowest BCUT2D eigenvalue weighted by molar-refractivity contribution is 0.627. The Hall–Kier alpha value is -1.97. The van der Waals surface area contributed by atoms with Crippen molar-refractivity contribution in [1.29, 1.82) is 0 Å². The molecule has 0 fully saturated rings. The number of aryl methyl sites for hydroxylation is 2. The molecule has 2 rings (SSSR count). The van der Waals surface area contributed by atoms with Crippen molar-refractivity contribution in [3.63, 3.8) is 0 Å². The summed E-state index contributed by atoms with van der Waals surface area (Å²) >= 11 is 0. The van der Waals surface area contributed by atoms with E-state index in [1.165, 1.54) is 12.1 Å². The lowest BCUT2D eigenvalue weighted by Gasteiger charge is -2.07. The van der Waals surface area contributed by atoms with Gasteiger partial charge >= 0.3 is 0 Å². The molecule has 0 aliphatic carbocycles. The van der Waals surface area contributed by atoms with Gasteiger partial charge in [0.2, 0.25) is 0 Å². The molecule has 1 aromatic heterocycles. The highest BCUT2D eigenvalue weighted by molar-refractivity contribution is 5.59. The molecule has 88 valence electrons. The van der Waals surface area contributed by atoms with Crippen molar-refractivity contribution in [1.82, 2.24) is 9.97 Å². The molecule has 0 atom stereocenters. The van der Waals surface area contributed by atoms with E-state index in [4.69, 9.17) is 5.73 Å². The van der Waals surface area contributed by atoms with Crippen LogP contribution in [0.4, 0.5) is 10.2 Å². The van der Waals surface area contributed by atoms with Crippen molar-refractivity contribution >= 4 is 5.82 Å². The van der Waals surface area contributed by atoms with Crippen LogP contribution in [-0.4, -0.2) is 9.97 Å². The minimum Gasteiger partial charge on any atom is -0.383 e.